The predicted molar refractivity (Wildman–Crippen MR) is 101 cm³/mol. The van der Waals surface area contributed by atoms with Gasteiger partial charge in [0.15, 0.2) is 0 Å². The van der Waals surface area contributed by atoms with Crippen molar-refractivity contribution in [3.8, 4) is 5.75 Å². The maximum absolute atomic E-state index is 12.6. The molecule has 2 fully saturated rings. The number of benzene rings is 1. The minimum absolute atomic E-state index is 0.0347. The van der Waals surface area contributed by atoms with E-state index in [1.807, 2.05) is 30.3 Å². The predicted octanol–water partition coefficient (Wildman–Crippen LogP) is 3.63. The summed E-state index contributed by atoms with van der Waals surface area (Å²) < 4.78 is 11.7. The Morgan fingerprint density at radius 3 is 2.88 bits per heavy atom. The lowest BCUT2D eigenvalue weighted by Gasteiger charge is -2.18. The first kappa shape index (κ1) is 17.2. The maximum atomic E-state index is 12.6. The smallest absolute Gasteiger partial charge is 0.266 e. The average molecular weight is 361 g/mol. The third kappa shape index (κ3) is 4.06. The molecule has 6 heteroatoms. The summed E-state index contributed by atoms with van der Waals surface area (Å²) in [4.78, 5) is 14.9. The molecule has 0 unspecified atom stereocenters. The molecule has 0 saturated carbocycles. The largest absolute Gasteiger partial charge is 0.490 e. The van der Waals surface area contributed by atoms with Crippen LogP contribution in [0.5, 0.6) is 5.75 Å². The van der Waals surface area contributed by atoms with E-state index in [0.29, 0.717) is 22.4 Å². The van der Waals surface area contributed by atoms with Crippen molar-refractivity contribution in [1.29, 1.82) is 0 Å². The van der Waals surface area contributed by atoms with Crippen LogP contribution in [-0.4, -0.2) is 41.0 Å². The third-order valence-electron chi connectivity index (χ3n) is 3.83. The van der Waals surface area contributed by atoms with Crippen LogP contribution in [-0.2, 0) is 9.53 Å². The van der Waals surface area contributed by atoms with Crippen LogP contribution in [0.4, 0.5) is 0 Å². The van der Waals surface area contributed by atoms with Crippen molar-refractivity contribution in [2.24, 2.45) is 0 Å². The van der Waals surface area contributed by atoms with Gasteiger partial charge in [-0.15, -0.1) is 0 Å². The highest BCUT2D eigenvalue weighted by molar-refractivity contribution is 8.26. The zero-order chi connectivity index (χ0) is 16.9. The number of hydrogen-bond donors (Lipinski definition) is 0. The zero-order valence-electron chi connectivity index (χ0n) is 13.3. The topological polar surface area (TPSA) is 38.8 Å². The van der Waals surface area contributed by atoms with E-state index in [9.17, 15) is 4.79 Å². The van der Waals surface area contributed by atoms with Crippen LogP contribution in [0.2, 0.25) is 0 Å². The number of thiocarbonyl (C=S) groups is 1. The quantitative estimate of drug-likeness (QED) is 0.439. The number of carbonyl (C=O) groups is 1. The summed E-state index contributed by atoms with van der Waals surface area (Å²) in [5.74, 6) is 0.741. The molecule has 3 rings (SSSR count). The van der Waals surface area contributed by atoms with Gasteiger partial charge in [0.25, 0.3) is 5.91 Å². The van der Waals surface area contributed by atoms with Gasteiger partial charge >= 0.3 is 0 Å². The summed E-state index contributed by atoms with van der Waals surface area (Å²) >= 11 is 6.70. The molecule has 1 aromatic carbocycles. The number of thioether (sulfide) groups is 1. The summed E-state index contributed by atoms with van der Waals surface area (Å²) in [6, 6.07) is 7.60. The lowest BCUT2D eigenvalue weighted by Crippen LogP contribution is -2.35. The minimum Gasteiger partial charge on any atom is -0.490 e. The fourth-order valence-corrected chi connectivity index (χ4v) is 3.89. The molecule has 2 aliphatic heterocycles. The van der Waals surface area contributed by atoms with E-state index in [1.165, 1.54) is 11.8 Å². The second kappa shape index (κ2) is 7.96. The van der Waals surface area contributed by atoms with Gasteiger partial charge in [-0.2, -0.15) is 0 Å². The SMILES string of the molecule is C=CCOc1ccc(/C=C2\SC(=S)N(C[C@@H]3CCCO3)C2=O)cc1. The Balaban J connectivity index is 1.67. The molecule has 0 N–H and O–H groups in total. The Morgan fingerprint density at radius 1 is 1.42 bits per heavy atom. The molecule has 1 amide bonds. The van der Waals surface area contributed by atoms with Crippen molar-refractivity contribution >= 4 is 40.3 Å². The Labute approximate surface area is 151 Å². The van der Waals surface area contributed by atoms with Gasteiger partial charge in [0.05, 0.1) is 17.6 Å². The standard InChI is InChI=1S/C18H19NO3S2/c1-2-9-21-14-7-5-13(6-8-14)11-16-17(20)19(18(23)24-16)12-15-4-3-10-22-15/h2,5-8,11,15H,1,3-4,9-10,12H2/b16-11-/t15-/m0/s1. The van der Waals surface area contributed by atoms with E-state index < -0.39 is 0 Å². The van der Waals surface area contributed by atoms with Crippen molar-refractivity contribution in [1.82, 2.24) is 4.90 Å². The second-order valence-electron chi connectivity index (χ2n) is 5.60. The van der Waals surface area contributed by atoms with Crippen molar-refractivity contribution in [2.45, 2.75) is 18.9 Å². The normalized spacial score (nSPS) is 22.4. The summed E-state index contributed by atoms with van der Waals surface area (Å²) in [5.41, 5.74) is 0.943. The molecular weight excluding hydrogens is 342 g/mol. The molecule has 1 aromatic rings. The minimum atomic E-state index is -0.0347. The van der Waals surface area contributed by atoms with Crippen LogP contribution in [0.1, 0.15) is 18.4 Å². The van der Waals surface area contributed by atoms with Gasteiger partial charge < -0.3 is 9.47 Å². The summed E-state index contributed by atoms with van der Waals surface area (Å²) in [7, 11) is 0. The van der Waals surface area contributed by atoms with Gasteiger partial charge in [-0.1, -0.05) is 48.8 Å². The van der Waals surface area contributed by atoms with Crippen LogP contribution in [0.3, 0.4) is 0 Å². The molecule has 1 atom stereocenters. The third-order valence-corrected chi connectivity index (χ3v) is 5.21. The Hall–Kier alpha value is -1.63. The lowest BCUT2D eigenvalue weighted by molar-refractivity contribution is -0.123. The van der Waals surface area contributed by atoms with Crippen molar-refractivity contribution < 1.29 is 14.3 Å². The second-order valence-corrected chi connectivity index (χ2v) is 7.27. The number of rotatable bonds is 6. The van der Waals surface area contributed by atoms with E-state index in [0.717, 1.165) is 30.8 Å². The average Bonchev–Trinajstić information content (AvgIpc) is 3.19. The Kier molecular flexibility index (Phi) is 5.71. The highest BCUT2D eigenvalue weighted by atomic mass is 32.2. The van der Waals surface area contributed by atoms with Gasteiger partial charge in [-0.3, -0.25) is 9.69 Å². The molecule has 4 nitrogen and oxygen atoms in total. The van der Waals surface area contributed by atoms with Gasteiger partial charge in [0, 0.05) is 6.61 Å². The monoisotopic (exact) mass is 361 g/mol. The molecule has 126 valence electrons. The van der Waals surface area contributed by atoms with E-state index in [-0.39, 0.29) is 12.0 Å². The van der Waals surface area contributed by atoms with Crippen molar-refractivity contribution in [3.63, 3.8) is 0 Å². The molecular formula is C18H19NO3S2. The van der Waals surface area contributed by atoms with Gasteiger partial charge in [-0.25, -0.2) is 0 Å². The highest BCUT2D eigenvalue weighted by Crippen LogP contribution is 2.33. The summed E-state index contributed by atoms with van der Waals surface area (Å²) in [5, 5.41) is 0. The first-order chi connectivity index (χ1) is 11.7. The first-order valence-electron chi connectivity index (χ1n) is 7.88. The maximum Gasteiger partial charge on any atom is 0.266 e. The van der Waals surface area contributed by atoms with Gasteiger partial charge in [-0.05, 0) is 36.6 Å². The zero-order valence-corrected chi connectivity index (χ0v) is 14.9. The summed E-state index contributed by atoms with van der Waals surface area (Å²) in [6.45, 7) is 5.42. The lowest BCUT2D eigenvalue weighted by atomic mass is 10.2. The molecule has 0 bridgehead atoms. The molecule has 24 heavy (non-hydrogen) atoms. The van der Waals surface area contributed by atoms with Crippen LogP contribution in [0.15, 0.2) is 41.8 Å². The van der Waals surface area contributed by atoms with Crippen LogP contribution in [0, 0.1) is 0 Å². The molecule has 0 spiro atoms. The number of ether oxygens (including phenoxy) is 2. The van der Waals surface area contributed by atoms with Crippen LogP contribution in [0.25, 0.3) is 6.08 Å². The molecule has 2 heterocycles. The van der Waals surface area contributed by atoms with Gasteiger partial charge in [0.1, 0.15) is 16.7 Å². The number of amides is 1. The fourth-order valence-electron chi connectivity index (χ4n) is 2.62. The molecule has 0 aromatic heterocycles. The van der Waals surface area contributed by atoms with E-state index >= 15 is 0 Å². The van der Waals surface area contributed by atoms with Gasteiger partial charge in [0.2, 0.25) is 0 Å². The Morgan fingerprint density at radius 2 is 2.21 bits per heavy atom. The number of carbonyl (C=O) groups excluding carboxylic acids is 1. The molecule has 0 aliphatic carbocycles. The van der Waals surface area contributed by atoms with Crippen molar-refractivity contribution in [2.75, 3.05) is 19.8 Å². The number of hydrogen-bond acceptors (Lipinski definition) is 5. The van der Waals surface area contributed by atoms with Crippen LogP contribution >= 0.6 is 24.0 Å². The van der Waals surface area contributed by atoms with E-state index in [4.69, 9.17) is 21.7 Å². The first-order valence-corrected chi connectivity index (χ1v) is 9.10. The fraction of sp³-hybridized carbons (Fsp3) is 0.333. The van der Waals surface area contributed by atoms with E-state index in [1.54, 1.807) is 11.0 Å². The van der Waals surface area contributed by atoms with Crippen molar-refractivity contribution in [3.05, 3.63) is 47.4 Å². The molecule has 2 saturated heterocycles. The highest BCUT2D eigenvalue weighted by Gasteiger charge is 2.34. The Bertz CT molecular complexity index is 663. The van der Waals surface area contributed by atoms with Crippen LogP contribution < -0.4 is 4.74 Å². The number of nitrogens with zero attached hydrogens (tertiary/aromatic N) is 1. The molecule has 0 radical (unpaired) electrons. The molecule has 2 aliphatic rings. The van der Waals surface area contributed by atoms with E-state index in [2.05, 4.69) is 6.58 Å². The summed E-state index contributed by atoms with van der Waals surface area (Å²) in [6.07, 6.45) is 5.71.